The summed E-state index contributed by atoms with van der Waals surface area (Å²) in [7, 11) is 0. The highest BCUT2D eigenvalue weighted by molar-refractivity contribution is 6.30. The zero-order chi connectivity index (χ0) is 19.6. The highest BCUT2D eigenvalue weighted by Crippen LogP contribution is 2.30. The molecule has 1 aliphatic carbocycles. The Bertz CT molecular complexity index is 993. The van der Waals surface area contributed by atoms with Gasteiger partial charge in [0.05, 0.1) is 11.1 Å². The van der Waals surface area contributed by atoms with E-state index in [1.807, 2.05) is 19.9 Å². The number of fused-ring (bicyclic) bond motifs is 1. The normalized spacial score (nSPS) is 13.3. The maximum Gasteiger partial charge on any atom is 0.343 e. The molecular formula is C22H17ClO4. The topological polar surface area (TPSA) is 60.4 Å². The number of carbonyl (C=O) groups excluding carboxylic acids is 3. The molecule has 27 heavy (non-hydrogen) atoms. The Kier molecular flexibility index (Phi) is 5.38. The van der Waals surface area contributed by atoms with E-state index in [1.165, 1.54) is 12.1 Å². The quantitative estimate of drug-likeness (QED) is 0.541. The van der Waals surface area contributed by atoms with Gasteiger partial charge in [-0.1, -0.05) is 47.5 Å². The number of allylic oxidation sites excluding steroid dienone is 4. The second-order valence-corrected chi connectivity index (χ2v) is 6.83. The molecule has 0 saturated carbocycles. The summed E-state index contributed by atoms with van der Waals surface area (Å²) in [6.45, 7) is 3.78. The van der Waals surface area contributed by atoms with Crippen molar-refractivity contribution in [2.24, 2.45) is 0 Å². The number of Topliss-reactive ketones (excluding diaryl/α,β-unsaturated/α-hetero) is 2. The standard InChI is InChI=1S/C22H17ClO4/c1-13(2)7-12-18-19(24)16-5-3-4-6-17(16)20(25)21(18)27-22(26)14-8-10-15(23)11-9-14/h3-11H,12H2,1-2H3. The number of hydrogen-bond donors (Lipinski definition) is 0. The van der Waals surface area contributed by atoms with Crippen LogP contribution in [0.1, 0.15) is 51.3 Å². The molecule has 5 heteroatoms. The second kappa shape index (κ2) is 7.72. The first-order valence-electron chi connectivity index (χ1n) is 8.41. The van der Waals surface area contributed by atoms with Crippen molar-refractivity contribution in [3.63, 3.8) is 0 Å². The molecule has 2 aromatic carbocycles. The summed E-state index contributed by atoms with van der Waals surface area (Å²) >= 11 is 5.83. The predicted molar refractivity (Wildman–Crippen MR) is 103 cm³/mol. The lowest BCUT2D eigenvalue weighted by Crippen LogP contribution is -2.25. The highest BCUT2D eigenvalue weighted by Gasteiger charge is 2.34. The van der Waals surface area contributed by atoms with E-state index >= 15 is 0 Å². The van der Waals surface area contributed by atoms with Crippen molar-refractivity contribution in [1.29, 1.82) is 0 Å². The van der Waals surface area contributed by atoms with Crippen molar-refractivity contribution in [3.05, 3.63) is 93.2 Å². The minimum atomic E-state index is -0.711. The van der Waals surface area contributed by atoms with Crippen molar-refractivity contribution in [3.8, 4) is 0 Å². The Balaban J connectivity index is 2.03. The van der Waals surface area contributed by atoms with E-state index in [0.717, 1.165) is 5.57 Å². The molecule has 0 bridgehead atoms. The molecule has 0 amide bonds. The Hall–Kier alpha value is -2.98. The van der Waals surface area contributed by atoms with Crippen molar-refractivity contribution in [2.45, 2.75) is 20.3 Å². The summed E-state index contributed by atoms with van der Waals surface area (Å²) in [6, 6.07) is 12.7. The Labute approximate surface area is 162 Å². The van der Waals surface area contributed by atoms with Crippen LogP contribution >= 0.6 is 11.6 Å². The number of benzene rings is 2. The maximum atomic E-state index is 12.9. The molecule has 0 spiro atoms. The smallest absolute Gasteiger partial charge is 0.343 e. The summed E-state index contributed by atoms with van der Waals surface area (Å²) in [6.07, 6.45) is 2.04. The van der Waals surface area contributed by atoms with Gasteiger partial charge in [-0.15, -0.1) is 0 Å². The average Bonchev–Trinajstić information content (AvgIpc) is 2.65. The lowest BCUT2D eigenvalue weighted by molar-refractivity contribution is 0.0579. The van der Waals surface area contributed by atoms with Gasteiger partial charge in [0, 0.05) is 16.1 Å². The van der Waals surface area contributed by atoms with Crippen LogP contribution in [-0.4, -0.2) is 17.5 Å². The number of carbonyl (C=O) groups is 3. The molecular weight excluding hydrogens is 364 g/mol. The van der Waals surface area contributed by atoms with Crippen LogP contribution in [0.15, 0.2) is 71.5 Å². The highest BCUT2D eigenvalue weighted by atomic mass is 35.5. The van der Waals surface area contributed by atoms with Crippen molar-refractivity contribution >= 4 is 29.1 Å². The molecule has 3 rings (SSSR count). The van der Waals surface area contributed by atoms with Gasteiger partial charge in [-0.25, -0.2) is 4.79 Å². The Morgan fingerprint density at radius 2 is 1.56 bits per heavy atom. The molecule has 0 aromatic heterocycles. The SMILES string of the molecule is CC(C)=CCC1=C(OC(=O)c2ccc(Cl)cc2)C(=O)c2ccccc2C1=O. The average molecular weight is 381 g/mol. The Morgan fingerprint density at radius 1 is 0.963 bits per heavy atom. The lowest BCUT2D eigenvalue weighted by Gasteiger charge is -2.20. The van der Waals surface area contributed by atoms with Gasteiger partial charge in [0.25, 0.3) is 0 Å². The van der Waals surface area contributed by atoms with Crippen LogP contribution in [-0.2, 0) is 4.74 Å². The van der Waals surface area contributed by atoms with E-state index < -0.39 is 11.8 Å². The van der Waals surface area contributed by atoms with Gasteiger partial charge >= 0.3 is 5.97 Å². The molecule has 136 valence electrons. The van der Waals surface area contributed by atoms with Gasteiger partial charge < -0.3 is 4.74 Å². The fourth-order valence-corrected chi connectivity index (χ4v) is 2.87. The molecule has 1 aliphatic rings. The molecule has 0 saturated heterocycles. The largest absolute Gasteiger partial charge is 0.418 e. The predicted octanol–water partition coefficient (Wildman–Crippen LogP) is 5.19. The van der Waals surface area contributed by atoms with Gasteiger partial charge in [-0.2, -0.15) is 0 Å². The van der Waals surface area contributed by atoms with Gasteiger partial charge in [0.15, 0.2) is 11.5 Å². The van der Waals surface area contributed by atoms with Crippen molar-refractivity contribution < 1.29 is 19.1 Å². The van der Waals surface area contributed by atoms with Crippen LogP contribution in [0.2, 0.25) is 5.02 Å². The second-order valence-electron chi connectivity index (χ2n) is 6.39. The number of hydrogen-bond acceptors (Lipinski definition) is 4. The number of ketones is 2. The van der Waals surface area contributed by atoms with Crippen molar-refractivity contribution in [1.82, 2.24) is 0 Å². The van der Waals surface area contributed by atoms with Gasteiger partial charge in [-0.05, 0) is 44.5 Å². The molecule has 2 aromatic rings. The number of ether oxygens (including phenoxy) is 1. The van der Waals surface area contributed by atoms with Crippen LogP contribution in [0.25, 0.3) is 0 Å². The molecule has 0 heterocycles. The van der Waals surface area contributed by atoms with E-state index in [9.17, 15) is 14.4 Å². The lowest BCUT2D eigenvalue weighted by atomic mass is 9.86. The van der Waals surface area contributed by atoms with Crippen LogP contribution < -0.4 is 0 Å². The van der Waals surface area contributed by atoms with E-state index in [1.54, 1.807) is 36.4 Å². The zero-order valence-electron chi connectivity index (χ0n) is 14.9. The Morgan fingerprint density at radius 3 is 2.15 bits per heavy atom. The molecule has 0 N–H and O–H groups in total. The van der Waals surface area contributed by atoms with Crippen molar-refractivity contribution in [2.75, 3.05) is 0 Å². The third-order valence-corrected chi connectivity index (χ3v) is 4.41. The van der Waals surface area contributed by atoms with E-state index in [0.29, 0.717) is 10.6 Å². The van der Waals surface area contributed by atoms with Crippen LogP contribution in [0.5, 0.6) is 0 Å². The summed E-state index contributed by atoms with van der Waals surface area (Å²) in [5.41, 5.74) is 1.98. The molecule has 0 aliphatic heterocycles. The number of esters is 1. The van der Waals surface area contributed by atoms with Gasteiger partial charge in [-0.3, -0.25) is 9.59 Å². The van der Waals surface area contributed by atoms with Gasteiger partial charge in [0.1, 0.15) is 0 Å². The first kappa shape index (κ1) is 18.8. The molecule has 4 nitrogen and oxygen atoms in total. The van der Waals surface area contributed by atoms with E-state index in [-0.39, 0.29) is 34.7 Å². The monoisotopic (exact) mass is 380 g/mol. The van der Waals surface area contributed by atoms with Crippen LogP contribution in [0.3, 0.4) is 0 Å². The summed E-state index contributed by atoms with van der Waals surface area (Å²) in [4.78, 5) is 38.3. The molecule has 0 unspecified atom stereocenters. The van der Waals surface area contributed by atoms with Gasteiger partial charge in [0.2, 0.25) is 5.78 Å². The minimum absolute atomic E-state index is 0.183. The van der Waals surface area contributed by atoms with Crippen LogP contribution in [0, 0.1) is 0 Å². The third kappa shape index (κ3) is 3.91. The molecule has 0 atom stereocenters. The minimum Gasteiger partial charge on any atom is -0.418 e. The fraction of sp³-hybridized carbons (Fsp3) is 0.136. The number of rotatable bonds is 4. The molecule has 0 fully saturated rings. The summed E-state index contributed by atoms with van der Waals surface area (Å²) in [5.74, 6) is -1.70. The maximum absolute atomic E-state index is 12.9. The molecule has 0 radical (unpaired) electrons. The van der Waals surface area contributed by atoms with E-state index in [4.69, 9.17) is 16.3 Å². The summed E-state index contributed by atoms with van der Waals surface area (Å²) < 4.78 is 5.40. The first-order valence-corrected chi connectivity index (χ1v) is 8.79. The fourth-order valence-electron chi connectivity index (χ4n) is 2.74. The first-order chi connectivity index (χ1) is 12.9. The van der Waals surface area contributed by atoms with Crippen LogP contribution in [0.4, 0.5) is 0 Å². The number of halogens is 1. The van der Waals surface area contributed by atoms with E-state index in [2.05, 4.69) is 0 Å². The third-order valence-electron chi connectivity index (χ3n) is 4.16. The summed E-state index contributed by atoms with van der Waals surface area (Å²) in [5, 5.41) is 0.480. The zero-order valence-corrected chi connectivity index (χ0v) is 15.7.